The van der Waals surface area contributed by atoms with Gasteiger partial charge in [0.05, 0.1) is 9.39 Å². The van der Waals surface area contributed by atoms with Gasteiger partial charge in [-0.1, -0.05) is 12.1 Å². The summed E-state index contributed by atoms with van der Waals surface area (Å²) < 4.78 is 16.1. The van der Waals surface area contributed by atoms with Crippen molar-refractivity contribution in [2.24, 2.45) is 0 Å². The van der Waals surface area contributed by atoms with Crippen molar-refractivity contribution in [3.8, 4) is 0 Å². The van der Waals surface area contributed by atoms with E-state index >= 15 is 0 Å². The molecule has 0 fully saturated rings. The summed E-state index contributed by atoms with van der Waals surface area (Å²) in [6.07, 6.45) is 1.67. The van der Waals surface area contributed by atoms with E-state index in [0.29, 0.717) is 15.2 Å². The molecule has 3 nitrogen and oxygen atoms in total. The normalized spacial score (nSPS) is 11.5. The van der Waals surface area contributed by atoms with Crippen molar-refractivity contribution in [2.75, 3.05) is 5.32 Å². The van der Waals surface area contributed by atoms with Gasteiger partial charge in [0.1, 0.15) is 11.7 Å². The van der Waals surface area contributed by atoms with Crippen LogP contribution in [0.5, 0.6) is 0 Å². The highest BCUT2D eigenvalue weighted by Gasteiger charge is 2.06. The Morgan fingerprint density at radius 2 is 1.80 bits per heavy atom. The molecule has 0 saturated carbocycles. The Bertz CT molecular complexity index is 654. The number of para-hydroxylation sites is 1. The van der Waals surface area contributed by atoms with Gasteiger partial charge in [0, 0.05) is 17.5 Å². The molecule has 0 bridgehead atoms. The van der Waals surface area contributed by atoms with E-state index in [-0.39, 0.29) is 5.82 Å². The standard InChI is InChI=1S/C15H15FIN3/c1-10-7-8-11(2)20(10)15(18)9-14(17)19-13-6-4-3-5-12(13)16/h3-9,18-19H,1-2H3/b14-9-,18-15?. The molecule has 2 N–H and O–H groups in total. The summed E-state index contributed by atoms with van der Waals surface area (Å²) in [6, 6.07) is 10.4. The maximum Gasteiger partial charge on any atom is 0.146 e. The summed E-state index contributed by atoms with van der Waals surface area (Å²) in [6.45, 7) is 3.90. The van der Waals surface area contributed by atoms with Crippen LogP contribution >= 0.6 is 22.6 Å². The van der Waals surface area contributed by atoms with Crippen molar-refractivity contribution in [2.45, 2.75) is 13.8 Å². The van der Waals surface area contributed by atoms with Gasteiger partial charge < -0.3 is 9.88 Å². The van der Waals surface area contributed by atoms with Crippen molar-refractivity contribution < 1.29 is 4.39 Å². The van der Waals surface area contributed by atoms with Gasteiger partial charge in [-0.2, -0.15) is 0 Å². The molecule has 0 aliphatic carbocycles. The Balaban J connectivity index is 2.19. The lowest BCUT2D eigenvalue weighted by molar-refractivity contribution is 0.632. The molecule has 0 radical (unpaired) electrons. The molecule has 0 unspecified atom stereocenters. The van der Waals surface area contributed by atoms with E-state index < -0.39 is 0 Å². The lowest BCUT2D eigenvalue weighted by atomic mass is 10.3. The predicted molar refractivity (Wildman–Crippen MR) is 89.2 cm³/mol. The van der Waals surface area contributed by atoms with Gasteiger partial charge in [-0.3, -0.25) is 5.41 Å². The molecule has 2 rings (SSSR count). The first-order valence-corrected chi connectivity index (χ1v) is 7.19. The number of aryl methyl sites for hydroxylation is 2. The number of rotatable bonds is 3. The number of nitrogens with zero attached hydrogens (tertiary/aromatic N) is 1. The molecule has 0 aliphatic heterocycles. The van der Waals surface area contributed by atoms with E-state index in [2.05, 4.69) is 27.9 Å². The van der Waals surface area contributed by atoms with Crippen LogP contribution < -0.4 is 5.32 Å². The number of hydrogen-bond donors (Lipinski definition) is 2. The van der Waals surface area contributed by atoms with Crippen LogP contribution in [-0.4, -0.2) is 10.4 Å². The van der Waals surface area contributed by atoms with E-state index in [1.807, 2.05) is 30.5 Å². The highest BCUT2D eigenvalue weighted by atomic mass is 127. The topological polar surface area (TPSA) is 40.8 Å². The quantitative estimate of drug-likeness (QED) is 0.350. The number of hydrogen-bond acceptors (Lipinski definition) is 2. The number of aromatic nitrogens is 1. The summed E-state index contributed by atoms with van der Waals surface area (Å²) in [5.41, 5.74) is 2.40. The van der Waals surface area contributed by atoms with Gasteiger partial charge in [-0.15, -0.1) is 0 Å². The second-order valence-electron chi connectivity index (χ2n) is 4.43. The fourth-order valence-electron chi connectivity index (χ4n) is 1.96. The third-order valence-corrected chi connectivity index (χ3v) is 3.48. The van der Waals surface area contributed by atoms with E-state index in [9.17, 15) is 4.39 Å². The average molecular weight is 383 g/mol. The smallest absolute Gasteiger partial charge is 0.146 e. The number of anilines is 1. The summed E-state index contributed by atoms with van der Waals surface area (Å²) >= 11 is 2.05. The van der Waals surface area contributed by atoms with Gasteiger partial charge in [0.25, 0.3) is 0 Å². The number of benzene rings is 1. The maximum atomic E-state index is 13.5. The van der Waals surface area contributed by atoms with Crippen LogP contribution in [0.3, 0.4) is 0 Å². The average Bonchev–Trinajstić information content (AvgIpc) is 2.72. The minimum Gasteiger partial charge on any atom is -0.348 e. The summed E-state index contributed by atoms with van der Waals surface area (Å²) in [4.78, 5) is 0. The van der Waals surface area contributed by atoms with Gasteiger partial charge in [-0.05, 0) is 60.7 Å². The molecule has 20 heavy (non-hydrogen) atoms. The van der Waals surface area contributed by atoms with Crippen LogP contribution in [0.15, 0.2) is 46.2 Å². The minimum atomic E-state index is -0.310. The third kappa shape index (κ3) is 3.27. The first-order chi connectivity index (χ1) is 9.49. The van der Waals surface area contributed by atoms with E-state index in [0.717, 1.165) is 11.4 Å². The Morgan fingerprint density at radius 3 is 2.40 bits per heavy atom. The van der Waals surface area contributed by atoms with Crippen LogP contribution in [0.1, 0.15) is 11.4 Å². The lowest BCUT2D eigenvalue weighted by Crippen LogP contribution is -2.12. The minimum absolute atomic E-state index is 0.310. The molecule has 2 aromatic rings. The molecule has 0 atom stereocenters. The summed E-state index contributed by atoms with van der Waals surface area (Å²) in [7, 11) is 0. The molecule has 0 aliphatic rings. The molecule has 1 heterocycles. The second kappa shape index (κ2) is 6.21. The number of allylic oxidation sites excluding steroid dienone is 1. The Hall–Kier alpha value is -1.63. The van der Waals surface area contributed by atoms with E-state index in [1.165, 1.54) is 6.07 Å². The predicted octanol–water partition coefficient (Wildman–Crippen LogP) is 4.46. The molecule has 104 valence electrons. The van der Waals surface area contributed by atoms with Gasteiger partial charge in [0.2, 0.25) is 0 Å². The first kappa shape index (κ1) is 14.8. The fourth-order valence-corrected chi connectivity index (χ4v) is 2.55. The highest BCUT2D eigenvalue weighted by Crippen LogP contribution is 2.18. The molecular formula is C15H15FIN3. The zero-order valence-electron chi connectivity index (χ0n) is 11.2. The molecule has 5 heteroatoms. The van der Waals surface area contributed by atoms with Crippen molar-refractivity contribution in [3.63, 3.8) is 0 Å². The van der Waals surface area contributed by atoms with Crippen LogP contribution in [0, 0.1) is 25.1 Å². The van der Waals surface area contributed by atoms with Crippen molar-refractivity contribution in [3.05, 3.63) is 63.4 Å². The van der Waals surface area contributed by atoms with Crippen LogP contribution in [-0.2, 0) is 0 Å². The summed E-state index contributed by atoms with van der Waals surface area (Å²) in [5, 5.41) is 11.1. The first-order valence-electron chi connectivity index (χ1n) is 6.11. The van der Waals surface area contributed by atoms with Crippen LogP contribution in [0.4, 0.5) is 10.1 Å². The number of nitrogens with one attached hydrogen (secondary N) is 2. The van der Waals surface area contributed by atoms with Crippen LogP contribution in [0.2, 0.25) is 0 Å². The Morgan fingerprint density at radius 1 is 1.20 bits per heavy atom. The molecular weight excluding hydrogens is 368 g/mol. The van der Waals surface area contributed by atoms with Crippen molar-refractivity contribution in [1.29, 1.82) is 5.41 Å². The molecule has 1 aromatic carbocycles. The molecule has 0 saturated heterocycles. The number of halogens is 2. The maximum absolute atomic E-state index is 13.5. The van der Waals surface area contributed by atoms with Crippen molar-refractivity contribution >= 4 is 34.1 Å². The lowest BCUT2D eigenvalue weighted by Gasteiger charge is -2.10. The second-order valence-corrected chi connectivity index (χ2v) is 5.60. The van der Waals surface area contributed by atoms with Gasteiger partial charge in [0.15, 0.2) is 0 Å². The largest absolute Gasteiger partial charge is 0.348 e. The summed E-state index contributed by atoms with van der Waals surface area (Å²) in [5.74, 6) is 0.0353. The molecule has 1 aromatic heterocycles. The van der Waals surface area contributed by atoms with E-state index in [1.54, 1.807) is 24.3 Å². The SMILES string of the molecule is Cc1ccc(C)n1C(=N)/C=C(/I)Nc1ccccc1F. The van der Waals surface area contributed by atoms with Crippen molar-refractivity contribution in [1.82, 2.24) is 4.57 Å². The molecule has 0 amide bonds. The van der Waals surface area contributed by atoms with Gasteiger partial charge in [-0.25, -0.2) is 4.39 Å². The van der Waals surface area contributed by atoms with E-state index in [4.69, 9.17) is 5.41 Å². The Kier molecular flexibility index (Phi) is 4.59. The highest BCUT2D eigenvalue weighted by molar-refractivity contribution is 14.1. The third-order valence-electron chi connectivity index (χ3n) is 2.90. The van der Waals surface area contributed by atoms with Gasteiger partial charge >= 0.3 is 0 Å². The van der Waals surface area contributed by atoms with Crippen LogP contribution in [0.25, 0.3) is 0 Å². The fraction of sp³-hybridized carbons (Fsp3) is 0.133. The molecule has 0 spiro atoms. The zero-order chi connectivity index (χ0) is 14.7. The monoisotopic (exact) mass is 383 g/mol. The zero-order valence-corrected chi connectivity index (χ0v) is 13.4. The Labute approximate surface area is 131 Å².